The van der Waals surface area contributed by atoms with E-state index in [-0.39, 0.29) is 11.9 Å². The quantitative estimate of drug-likeness (QED) is 0.329. The lowest BCUT2D eigenvalue weighted by Gasteiger charge is -2.36. The van der Waals surface area contributed by atoms with Crippen molar-refractivity contribution in [3.05, 3.63) is 58.9 Å². The minimum atomic E-state index is -0.345. The van der Waals surface area contributed by atoms with Crippen LogP contribution in [0.3, 0.4) is 0 Å². The summed E-state index contributed by atoms with van der Waals surface area (Å²) in [5.74, 6) is -0.493. The molecule has 0 radical (unpaired) electrons. The standard InChI is InChI=1S/C27H38N4O3/c1-5-31-21(3)24(26(22(31)4)27(33)34-6-2)13-14-25(32)28-15-10-16-29-17-19-30(20-18-29)23-11-8-7-9-12-23/h7-9,11-14H,5-6,10,15-20H2,1-4H3,(H,28,32)/b14-13+. The number of rotatable bonds is 10. The Morgan fingerprint density at radius 2 is 1.74 bits per heavy atom. The molecular formula is C27H38N4O3. The zero-order valence-electron chi connectivity index (χ0n) is 21.0. The summed E-state index contributed by atoms with van der Waals surface area (Å²) in [6.07, 6.45) is 4.16. The summed E-state index contributed by atoms with van der Waals surface area (Å²) in [6.45, 7) is 14.5. The molecule has 1 amide bonds. The number of para-hydroxylation sites is 1. The number of hydrogen-bond acceptors (Lipinski definition) is 5. The molecule has 1 aliphatic heterocycles. The van der Waals surface area contributed by atoms with E-state index in [0.29, 0.717) is 18.7 Å². The van der Waals surface area contributed by atoms with Crippen molar-refractivity contribution in [2.75, 3.05) is 50.8 Å². The Labute approximate surface area is 203 Å². The van der Waals surface area contributed by atoms with Crippen molar-refractivity contribution >= 4 is 23.6 Å². The number of hydrogen-bond donors (Lipinski definition) is 1. The van der Waals surface area contributed by atoms with E-state index >= 15 is 0 Å². The number of amides is 1. The van der Waals surface area contributed by atoms with Gasteiger partial charge in [-0.15, -0.1) is 0 Å². The molecule has 0 spiro atoms. The summed E-state index contributed by atoms with van der Waals surface area (Å²) in [5, 5.41) is 2.97. The van der Waals surface area contributed by atoms with Crippen molar-refractivity contribution < 1.29 is 14.3 Å². The predicted octanol–water partition coefficient (Wildman–Crippen LogP) is 3.64. The van der Waals surface area contributed by atoms with Gasteiger partial charge in [-0.25, -0.2) is 4.79 Å². The molecule has 0 bridgehead atoms. The first-order valence-electron chi connectivity index (χ1n) is 12.3. The van der Waals surface area contributed by atoms with Gasteiger partial charge in [-0.05, 0) is 58.9 Å². The van der Waals surface area contributed by atoms with E-state index in [1.54, 1.807) is 13.0 Å². The Morgan fingerprint density at radius 3 is 2.38 bits per heavy atom. The summed E-state index contributed by atoms with van der Waals surface area (Å²) in [4.78, 5) is 29.8. The molecule has 1 saturated heterocycles. The van der Waals surface area contributed by atoms with Crippen LogP contribution in [0.15, 0.2) is 36.4 Å². The zero-order valence-corrected chi connectivity index (χ0v) is 21.0. The van der Waals surface area contributed by atoms with Gasteiger partial charge in [0.05, 0.1) is 12.2 Å². The average Bonchev–Trinajstić information content (AvgIpc) is 3.10. The van der Waals surface area contributed by atoms with Crippen molar-refractivity contribution in [3.63, 3.8) is 0 Å². The molecule has 1 N–H and O–H groups in total. The summed E-state index contributed by atoms with van der Waals surface area (Å²) in [5.41, 5.74) is 4.41. The van der Waals surface area contributed by atoms with Crippen LogP contribution in [0.4, 0.5) is 5.69 Å². The number of carbonyl (C=O) groups is 2. The largest absolute Gasteiger partial charge is 0.462 e. The first kappa shape index (κ1) is 25.6. The fraction of sp³-hybridized carbons (Fsp3) is 0.481. The fourth-order valence-electron chi connectivity index (χ4n) is 4.65. The lowest BCUT2D eigenvalue weighted by atomic mass is 10.1. The number of nitrogens with one attached hydrogen (secondary N) is 1. The number of ether oxygens (including phenoxy) is 1. The lowest BCUT2D eigenvalue weighted by Crippen LogP contribution is -2.47. The summed E-state index contributed by atoms with van der Waals surface area (Å²) < 4.78 is 7.31. The molecule has 0 aliphatic carbocycles. The summed E-state index contributed by atoms with van der Waals surface area (Å²) >= 11 is 0. The molecule has 2 aromatic rings. The maximum atomic E-state index is 12.5. The second kappa shape index (κ2) is 12.4. The van der Waals surface area contributed by atoms with Crippen LogP contribution in [0, 0.1) is 13.8 Å². The number of carbonyl (C=O) groups excluding carboxylic acids is 2. The van der Waals surface area contributed by atoms with E-state index in [1.165, 1.54) is 11.8 Å². The van der Waals surface area contributed by atoms with Crippen LogP contribution in [-0.4, -0.2) is 67.2 Å². The highest BCUT2D eigenvalue weighted by molar-refractivity contribution is 5.98. The van der Waals surface area contributed by atoms with Crippen molar-refractivity contribution in [1.82, 2.24) is 14.8 Å². The molecule has 1 aromatic heterocycles. The van der Waals surface area contributed by atoms with Crippen LogP contribution < -0.4 is 10.2 Å². The van der Waals surface area contributed by atoms with E-state index in [4.69, 9.17) is 4.74 Å². The topological polar surface area (TPSA) is 66.8 Å². The predicted molar refractivity (Wildman–Crippen MR) is 137 cm³/mol. The van der Waals surface area contributed by atoms with Gasteiger partial charge in [-0.2, -0.15) is 0 Å². The molecule has 34 heavy (non-hydrogen) atoms. The number of piperazine rings is 1. The Kier molecular flexibility index (Phi) is 9.33. The van der Waals surface area contributed by atoms with Gasteiger partial charge in [0, 0.05) is 68.0 Å². The molecule has 0 saturated carbocycles. The van der Waals surface area contributed by atoms with Crippen LogP contribution in [0.2, 0.25) is 0 Å². The van der Waals surface area contributed by atoms with Gasteiger partial charge in [0.25, 0.3) is 0 Å². The van der Waals surface area contributed by atoms with E-state index in [2.05, 4.69) is 43.9 Å². The smallest absolute Gasteiger partial charge is 0.340 e. The third kappa shape index (κ3) is 6.29. The molecule has 7 nitrogen and oxygen atoms in total. The number of anilines is 1. The highest BCUT2D eigenvalue weighted by Gasteiger charge is 2.22. The van der Waals surface area contributed by atoms with Crippen LogP contribution >= 0.6 is 0 Å². The highest BCUT2D eigenvalue weighted by atomic mass is 16.5. The zero-order chi connectivity index (χ0) is 24.5. The van der Waals surface area contributed by atoms with E-state index in [9.17, 15) is 9.59 Å². The van der Waals surface area contributed by atoms with Gasteiger partial charge in [0.1, 0.15) is 0 Å². The maximum absolute atomic E-state index is 12.5. The van der Waals surface area contributed by atoms with Gasteiger partial charge >= 0.3 is 5.97 Å². The Hall–Kier alpha value is -3.06. The fourth-order valence-corrected chi connectivity index (χ4v) is 4.65. The first-order valence-corrected chi connectivity index (χ1v) is 12.3. The third-order valence-corrected chi connectivity index (χ3v) is 6.47. The van der Waals surface area contributed by atoms with Crippen LogP contribution in [0.25, 0.3) is 6.08 Å². The molecule has 0 unspecified atom stereocenters. The van der Waals surface area contributed by atoms with Gasteiger partial charge in [0.2, 0.25) is 5.91 Å². The normalized spacial score (nSPS) is 14.5. The molecule has 0 atom stereocenters. The minimum absolute atomic E-state index is 0.148. The van der Waals surface area contributed by atoms with Crippen molar-refractivity contribution in [1.29, 1.82) is 0 Å². The van der Waals surface area contributed by atoms with Gasteiger partial charge < -0.3 is 19.5 Å². The Morgan fingerprint density at radius 1 is 1.03 bits per heavy atom. The molecule has 1 aliphatic rings. The SMILES string of the molecule is CCOC(=O)c1c(/C=C/C(=O)NCCCN2CCN(c3ccccc3)CC2)c(C)n(CC)c1C. The van der Waals surface area contributed by atoms with E-state index in [0.717, 1.165) is 62.6 Å². The van der Waals surface area contributed by atoms with Crippen molar-refractivity contribution in [3.8, 4) is 0 Å². The van der Waals surface area contributed by atoms with Crippen LogP contribution in [0.5, 0.6) is 0 Å². The second-order valence-corrected chi connectivity index (χ2v) is 8.57. The first-order chi connectivity index (χ1) is 16.5. The Balaban J connectivity index is 1.46. The highest BCUT2D eigenvalue weighted by Crippen LogP contribution is 2.25. The molecule has 1 fully saturated rings. The number of aromatic nitrogens is 1. The third-order valence-electron chi connectivity index (χ3n) is 6.47. The summed E-state index contributed by atoms with van der Waals surface area (Å²) in [7, 11) is 0. The lowest BCUT2D eigenvalue weighted by molar-refractivity contribution is -0.116. The minimum Gasteiger partial charge on any atom is -0.462 e. The molecule has 1 aromatic carbocycles. The summed E-state index contributed by atoms with van der Waals surface area (Å²) in [6, 6.07) is 10.5. The Bertz CT molecular complexity index is 989. The van der Waals surface area contributed by atoms with Crippen molar-refractivity contribution in [2.45, 2.75) is 40.7 Å². The molecule has 2 heterocycles. The number of benzene rings is 1. The number of esters is 1. The van der Waals surface area contributed by atoms with Crippen LogP contribution in [0.1, 0.15) is 47.6 Å². The molecular weight excluding hydrogens is 428 g/mol. The molecule has 7 heteroatoms. The second-order valence-electron chi connectivity index (χ2n) is 8.57. The van der Waals surface area contributed by atoms with Gasteiger partial charge in [0.15, 0.2) is 0 Å². The maximum Gasteiger partial charge on any atom is 0.340 e. The van der Waals surface area contributed by atoms with Crippen LogP contribution in [-0.2, 0) is 16.1 Å². The van der Waals surface area contributed by atoms with Gasteiger partial charge in [-0.1, -0.05) is 18.2 Å². The molecule has 184 valence electrons. The van der Waals surface area contributed by atoms with Gasteiger partial charge in [-0.3, -0.25) is 9.69 Å². The van der Waals surface area contributed by atoms with E-state index in [1.807, 2.05) is 26.8 Å². The van der Waals surface area contributed by atoms with E-state index < -0.39 is 0 Å². The number of nitrogens with zero attached hydrogens (tertiary/aromatic N) is 3. The molecule has 3 rings (SSSR count). The van der Waals surface area contributed by atoms with Crippen molar-refractivity contribution in [2.24, 2.45) is 0 Å². The monoisotopic (exact) mass is 466 g/mol. The average molecular weight is 467 g/mol.